The number of nitrogens with zero attached hydrogens (tertiary/aromatic N) is 1. The molecule has 2 rings (SSSR count). The monoisotopic (exact) mass is 269 g/mol. The highest BCUT2D eigenvalue weighted by Crippen LogP contribution is 2.30. The highest BCUT2D eigenvalue weighted by molar-refractivity contribution is 5.45. The van der Waals surface area contributed by atoms with Crippen LogP contribution in [0, 0.1) is 22.9 Å². The second-order valence-electron chi connectivity index (χ2n) is 4.83. The number of nitro benzene ring substituents is 1. The minimum absolute atomic E-state index is 0.0333. The molecule has 1 saturated carbocycles. The highest BCUT2D eigenvalue weighted by atomic mass is 19.1. The number of aliphatic hydroxyl groups is 1. The van der Waals surface area contributed by atoms with Crippen LogP contribution in [-0.4, -0.2) is 22.2 Å². The second-order valence-corrected chi connectivity index (χ2v) is 4.83. The fourth-order valence-electron chi connectivity index (χ4n) is 2.31. The SMILES string of the molecule is Cc1cc(O[C@H]2CCCC[C@@H]2O)c(F)cc1[N+](=O)[O-]. The van der Waals surface area contributed by atoms with E-state index in [1.165, 1.54) is 13.0 Å². The summed E-state index contributed by atoms with van der Waals surface area (Å²) in [5.74, 6) is -0.802. The van der Waals surface area contributed by atoms with Crippen molar-refractivity contribution in [3.05, 3.63) is 33.6 Å². The van der Waals surface area contributed by atoms with Gasteiger partial charge < -0.3 is 9.84 Å². The number of nitro groups is 1. The first kappa shape index (κ1) is 13.7. The third-order valence-corrected chi connectivity index (χ3v) is 3.39. The molecule has 19 heavy (non-hydrogen) atoms. The Balaban J connectivity index is 2.21. The number of halogens is 1. The highest BCUT2D eigenvalue weighted by Gasteiger charge is 2.26. The maximum atomic E-state index is 13.8. The van der Waals surface area contributed by atoms with Crippen molar-refractivity contribution in [3.8, 4) is 5.75 Å². The fraction of sp³-hybridized carbons (Fsp3) is 0.538. The maximum absolute atomic E-state index is 13.8. The van der Waals surface area contributed by atoms with Crippen LogP contribution in [0.2, 0.25) is 0 Å². The van der Waals surface area contributed by atoms with Crippen molar-refractivity contribution in [1.29, 1.82) is 0 Å². The molecule has 0 saturated heterocycles. The normalized spacial score (nSPS) is 23.1. The van der Waals surface area contributed by atoms with Crippen molar-refractivity contribution in [2.45, 2.75) is 44.8 Å². The lowest BCUT2D eigenvalue weighted by molar-refractivity contribution is -0.385. The van der Waals surface area contributed by atoms with E-state index in [2.05, 4.69) is 0 Å². The zero-order chi connectivity index (χ0) is 14.0. The average molecular weight is 269 g/mol. The number of rotatable bonds is 3. The number of benzene rings is 1. The predicted molar refractivity (Wildman–Crippen MR) is 66.7 cm³/mol. The fourth-order valence-corrected chi connectivity index (χ4v) is 2.31. The Hall–Kier alpha value is -1.69. The lowest BCUT2D eigenvalue weighted by Gasteiger charge is -2.28. The Bertz CT molecular complexity index is 492. The van der Waals surface area contributed by atoms with E-state index in [1.54, 1.807) is 0 Å². The largest absolute Gasteiger partial charge is 0.485 e. The summed E-state index contributed by atoms with van der Waals surface area (Å²) in [4.78, 5) is 10.1. The third-order valence-electron chi connectivity index (χ3n) is 3.39. The Morgan fingerprint density at radius 3 is 2.74 bits per heavy atom. The van der Waals surface area contributed by atoms with Crippen LogP contribution in [0.3, 0.4) is 0 Å². The van der Waals surface area contributed by atoms with Gasteiger partial charge in [-0.15, -0.1) is 0 Å². The van der Waals surface area contributed by atoms with Gasteiger partial charge in [0, 0.05) is 5.56 Å². The summed E-state index contributed by atoms with van der Waals surface area (Å²) in [6.07, 6.45) is 2.11. The summed E-state index contributed by atoms with van der Waals surface area (Å²) in [7, 11) is 0. The first-order valence-corrected chi connectivity index (χ1v) is 6.28. The van der Waals surface area contributed by atoms with E-state index in [4.69, 9.17) is 4.74 Å². The van der Waals surface area contributed by atoms with Crippen molar-refractivity contribution in [3.63, 3.8) is 0 Å². The number of aliphatic hydroxyl groups excluding tert-OH is 1. The van der Waals surface area contributed by atoms with Gasteiger partial charge in [0.25, 0.3) is 5.69 Å². The van der Waals surface area contributed by atoms with E-state index in [9.17, 15) is 19.6 Å². The van der Waals surface area contributed by atoms with E-state index in [-0.39, 0.29) is 11.4 Å². The number of aryl methyl sites for hydroxylation is 1. The molecule has 0 aromatic heterocycles. The van der Waals surface area contributed by atoms with Crippen LogP contribution in [0.25, 0.3) is 0 Å². The van der Waals surface area contributed by atoms with Gasteiger partial charge in [0.15, 0.2) is 11.6 Å². The molecule has 0 radical (unpaired) electrons. The van der Waals surface area contributed by atoms with Gasteiger partial charge in [0.05, 0.1) is 17.1 Å². The van der Waals surface area contributed by atoms with Crippen molar-refractivity contribution in [2.24, 2.45) is 0 Å². The first-order valence-electron chi connectivity index (χ1n) is 6.28. The molecule has 1 aromatic carbocycles. The van der Waals surface area contributed by atoms with E-state index in [0.29, 0.717) is 18.4 Å². The third kappa shape index (κ3) is 3.01. The minimum Gasteiger partial charge on any atom is -0.485 e. The molecule has 0 unspecified atom stereocenters. The summed E-state index contributed by atoms with van der Waals surface area (Å²) in [5, 5.41) is 20.5. The van der Waals surface area contributed by atoms with Gasteiger partial charge in [-0.2, -0.15) is 0 Å². The van der Waals surface area contributed by atoms with Crippen LogP contribution < -0.4 is 4.74 Å². The van der Waals surface area contributed by atoms with Gasteiger partial charge in [-0.3, -0.25) is 10.1 Å². The lowest BCUT2D eigenvalue weighted by atomic mass is 9.95. The second kappa shape index (κ2) is 5.52. The van der Waals surface area contributed by atoms with E-state index >= 15 is 0 Å². The van der Waals surface area contributed by atoms with Crippen LogP contribution in [-0.2, 0) is 0 Å². The van der Waals surface area contributed by atoms with Gasteiger partial charge in [-0.25, -0.2) is 4.39 Å². The van der Waals surface area contributed by atoms with Gasteiger partial charge in [0.1, 0.15) is 6.10 Å². The zero-order valence-corrected chi connectivity index (χ0v) is 10.6. The van der Waals surface area contributed by atoms with Crippen LogP contribution in [0.5, 0.6) is 5.75 Å². The molecule has 1 aliphatic carbocycles. The Morgan fingerprint density at radius 1 is 1.42 bits per heavy atom. The van der Waals surface area contributed by atoms with Gasteiger partial charge >= 0.3 is 0 Å². The number of hydrogen-bond acceptors (Lipinski definition) is 4. The molecule has 6 heteroatoms. The van der Waals surface area contributed by atoms with Crippen molar-refractivity contribution < 1.29 is 19.2 Å². The summed E-state index contributed by atoms with van der Waals surface area (Å²) in [6, 6.07) is 2.18. The molecule has 1 N–H and O–H groups in total. The minimum atomic E-state index is -0.768. The molecular weight excluding hydrogens is 253 g/mol. The van der Waals surface area contributed by atoms with Crippen molar-refractivity contribution in [2.75, 3.05) is 0 Å². The molecule has 1 aromatic rings. The van der Waals surface area contributed by atoms with Crippen molar-refractivity contribution in [1.82, 2.24) is 0 Å². The smallest absolute Gasteiger partial charge is 0.275 e. The molecule has 0 amide bonds. The van der Waals surface area contributed by atoms with Gasteiger partial charge in [0.2, 0.25) is 0 Å². The molecular formula is C13H16FNO4. The quantitative estimate of drug-likeness (QED) is 0.676. The zero-order valence-electron chi connectivity index (χ0n) is 10.6. The summed E-state index contributed by atoms with van der Waals surface area (Å²) in [5.41, 5.74) is 0.0701. The first-order chi connectivity index (χ1) is 8.99. The van der Waals surface area contributed by atoms with Gasteiger partial charge in [-0.05, 0) is 32.3 Å². The Kier molecular flexibility index (Phi) is 3.99. The van der Waals surface area contributed by atoms with Crippen LogP contribution in [0.15, 0.2) is 12.1 Å². The summed E-state index contributed by atoms with van der Waals surface area (Å²) >= 11 is 0. The Morgan fingerprint density at radius 2 is 2.11 bits per heavy atom. The molecule has 1 fully saturated rings. The molecule has 0 spiro atoms. The standard InChI is InChI=1S/C13H16FNO4/c1-8-6-13(9(14)7-10(8)15(17)18)19-12-5-3-2-4-11(12)16/h6-7,11-12,16H,2-5H2,1H3/t11-,12-/m0/s1. The molecule has 0 aliphatic heterocycles. The van der Waals surface area contributed by atoms with Crippen LogP contribution in [0.4, 0.5) is 10.1 Å². The molecule has 5 nitrogen and oxygen atoms in total. The maximum Gasteiger partial charge on any atom is 0.275 e. The van der Waals surface area contributed by atoms with Crippen LogP contribution in [0.1, 0.15) is 31.2 Å². The molecule has 2 atom stereocenters. The van der Waals surface area contributed by atoms with E-state index < -0.39 is 22.9 Å². The molecule has 1 aliphatic rings. The Labute approximate surface area is 110 Å². The molecule has 0 heterocycles. The topological polar surface area (TPSA) is 72.6 Å². The lowest BCUT2D eigenvalue weighted by Crippen LogP contribution is -2.34. The predicted octanol–water partition coefficient (Wildman–Crippen LogP) is 2.72. The van der Waals surface area contributed by atoms with Crippen molar-refractivity contribution >= 4 is 5.69 Å². The number of ether oxygens (including phenoxy) is 1. The summed E-state index contributed by atoms with van der Waals surface area (Å²) in [6.45, 7) is 1.53. The number of hydrogen-bond donors (Lipinski definition) is 1. The average Bonchev–Trinajstić information content (AvgIpc) is 2.35. The van der Waals surface area contributed by atoms with Crippen LogP contribution >= 0.6 is 0 Å². The molecule has 0 bridgehead atoms. The molecule has 104 valence electrons. The van der Waals surface area contributed by atoms with E-state index in [1.807, 2.05) is 0 Å². The van der Waals surface area contributed by atoms with Gasteiger partial charge in [-0.1, -0.05) is 6.42 Å². The van der Waals surface area contributed by atoms with E-state index in [0.717, 1.165) is 18.9 Å². The summed E-state index contributed by atoms with van der Waals surface area (Å²) < 4.78 is 19.2.